The lowest BCUT2D eigenvalue weighted by atomic mass is 10.2. The Labute approximate surface area is 132 Å². The van der Waals surface area contributed by atoms with Crippen molar-refractivity contribution < 1.29 is 9.50 Å². The average molecular weight is 317 g/mol. The highest BCUT2D eigenvalue weighted by Gasteiger charge is 2.31. The highest BCUT2D eigenvalue weighted by molar-refractivity contribution is 7.11. The number of amidine groups is 1. The molecule has 1 aromatic heterocycles. The number of rotatable bonds is 3. The largest absolute Gasteiger partial charge is 0.510 e. The first-order chi connectivity index (χ1) is 10.5. The molecule has 0 saturated carbocycles. The SMILES string of the molecule is CC(C)N1CC(O)=C(c2nc(-c3ccc(F)cc3)cs2)C1=N. The number of benzene rings is 1. The summed E-state index contributed by atoms with van der Waals surface area (Å²) in [5.41, 5.74) is 2.03. The second-order valence-electron chi connectivity index (χ2n) is 5.44. The Balaban J connectivity index is 1.93. The Morgan fingerprint density at radius 2 is 2.00 bits per heavy atom. The van der Waals surface area contributed by atoms with E-state index in [0.29, 0.717) is 23.0 Å². The number of hydrogen-bond donors (Lipinski definition) is 2. The summed E-state index contributed by atoms with van der Waals surface area (Å²) in [6.45, 7) is 4.31. The van der Waals surface area contributed by atoms with E-state index in [1.54, 1.807) is 12.1 Å². The van der Waals surface area contributed by atoms with Crippen molar-refractivity contribution in [1.82, 2.24) is 9.88 Å². The van der Waals surface area contributed by atoms with Gasteiger partial charge in [-0.25, -0.2) is 9.37 Å². The van der Waals surface area contributed by atoms with Gasteiger partial charge in [0.25, 0.3) is 0 Å². The molecule has 0 atom stereocenters. The van der Waals surface area contributed by atoms with Gasteiger partial charge in [-0.05, 0) is 38.1 Å². The molecule has 0 fully saturated rings. The predicted octanol–water partition coefficient (Wildman–Crippen LogP) is 3.92. The van der Waals surface area contributed by atoms with Crippen molar-refractivity contribution in [2.24, 2.45) is 0 Å². The van der Waals surface area contributed by atoms with Crippen LogP contribution in [-0.4, -0.2) is 33.4 Å². The molecule has 0 bridgehead atoms. The Kier molecular flexibility index (Phi) is 3.70. The standard InChI is InChI=1S/C16H16FN3OS/c1-9(2)20-7-13(21)14(15(20)18)16-19-12(8-22-16)10-3-5-11(17)6-4-10/h3-6,8-9,18,21H,7H2,1-2H3. The minimum Gasteiger partial charge on any atom is -0.510 e. The van der Waals surface area contributed by atoms with Gasteiger partial charge in [0.05, 0.1) is 17.8 Å². The molecular weight excluding hydrogens is 301 g/mol. The van der Waals surface area contributed by atoms with Gasteiger partial charge in [-0.1, -0.05) is 0 Å². The second-order valence-corrected chi connectivity index (χ2v) is 6.29. The molecule has 2 N–H and O–H groups in total. The van der Waals surface area contributed by atoms with Crippen LogP contribution in [0.1, 0.15) is 18.9 Å². The number of aliphatic hydroxyl groups is 1. The minimum atomic E-state index is -0.287. The van der Waals surface area contributed by atoms with Gasteiger partial charge in [0, 0.05) is 17.0 Å². The Hall–Kier alpha value is -2.21. The van der Waals surface area contributed by atoms with E-state index in [2.05, 4.69) is 4.98 Å². The Morgan fingerprint density at radius 1 is 1.32 bits per heavy atom. The number of aliphatic hydroxyl groups excluding tert-OH is 1. The number of thiazole rings is 1. The first-order valence-corrected chi connectivity index (χ1v) is 7.85. The molecule has 0 radical (unpaired) electrons. The highest BCUT2D eigenvalue weighted by atomic mass is 32.1. The second kappa shape index (κ2) is 5.53. The Morgan fingerprint density at radius 3 is 2.59 bits per heavy atom. The van der Waals surface area contributed by atoms with Gasteiger partial charge in [0.2, 0.25) is 0 Å². The van der Waals surface area contributed by atoms with Crippen LogP contribution in [0, 0.1) is 11.2 Å². The summed E-state index contributed by atoms with van der Waals surface area (Å²) in [4.78, 5) is 6.32. The van der Waals surface area contributed by atoms with E-state index in [9.17, 15) is 9.50 Å². The van der Waals surface area contributed by atoms with Crippen molar-refractivity contribution in [1.29, 1.82) is 5.41 Å². The summed E-state index contributed by atoms with van der Waals surface area (Å²) in [6, 6.07) is 6.27. The molecule has 1 aliphatic heterocycles. The number of nitrogens with one attached hydrogen (secondary N) is 1. The monoisotopic (exact) mass is 317 g/mol. The van der Waals surface area contributed by atoms with Gasteiger partial charge >= 0.3 is 0 Å². The van der Waals surface area contributed by atoms with E-state index in [0.717, 1.165) is 11.3 Å². The Bertz CT molecular complexity index is 749. The molecule has 0 unspecified atom stereocenters. The van der Waals surface area contributed by atoms with Gasteiger partial charge in [-0.15, -0.1) is 11.3 Å². The maximum absolute atomic E-state index is 13.0. The van der Waals surface area contributed by atoms with E-state index < -0.39 is 0 Å². The van der Waals surface area contributed by atoms with Crippen molar-refractivity contribution >= 4 is 22.7 Å². The summed E-state index contributed by atoms with van der Waals surface area (Å²) in [5.74, 6) is 0.191. The third-order valence-corrected chi connectivity index (χ3v) is 4.47. The fourth-order valence-corrected chi connectivity index (χ4v) is 3.30. The number of halogens is 1. The lowest BCUT2D eigenvalue weighted by molar-refractivity contribution is 0.318. The summed E-state index contributed by atoms with van der Waals surface area (Å²) < 4.78 is 13.0. The van der Waals surface area contributed by atoms with Crippen molar-refractivity contribution in [3.05, 3.63) is 46.2 Å². The van der Waals surface area contributed by atoms with E-state index >= 15 is 0 Å². The maximum Gasteiger partial charge on any atom is 0.135 e. The van der Waals surface area contributed by atoms with Crippen LogP contribution in [0.4, 0.5) is 4.39 Å². The molecule has 114 valence electrons. The molecule has 6 heteroatoms. The molecular formula is C16H16FN3OS. The zero-order valence-electron chi connectivity index (χ0n) is 12.3. The number of nitrogens with zero attached hydrogens (tertiary/aromatic N) is 2. The average Bonchev–Trinajstić information content (AvgIpc) is 3.04. The van der Waals surface area contributed by atoms with Crippen LogP contribution in [0.3, 0.4) is 0 Å². The quantitative estimate of drug-likeness (QED) is 0.902. The minimum absolute atomic E-state index is 0.142. The summed E-state index contributed by atoms with van der Waals surface area (Å²) >= 11 is 1.38. The smallest absolute Gasteiger partial charge is 0.135 e. The molecule has 1 aromatic carbocycles. The summed E-state index contributed by atoms with van der Waals surface area (Å²) in [6.07, 6.45) is 0. The lowest BCUT2D eigenvalue weighted by Gasteiger charge is -2.22. The molecule has 1 aliphatic rings. The van der Waals surface area contributed by atoms with E-state index in [1.807, 2.05) is 24.1 Å². The molecule has 2 aromatic rings. The first-order valence-electron chi connectivity index (χ1n) is 6.97. The van der Waals surface area contributed by atoms with Crippen LogP contribution in [0.2, 0.25) is 0 Å². The van der Waals surface area contributed by atoms with E-state index in [4.69, 9.17) is 5.41 Å². The van der Waals surface area contributed by atoms with Gasteiger partial charge in [0.1, 0.15) is 22.4 Å². The van der Waals surface area contributed by atoms with Crippen molar-refractivity contribution in [3.8, 4) is 11.3 Å². The zero-order valence-corrected chi connectivity index (χ0v) is 13.1. The molecule has 2 heterocycles. The normalized spacial score (nSPS) is 15.3. The molecule has 22 heavy (non-hydrogen) atoms. The molecule has 0 saturated heterocycles. The maximum atomic E-state index is 13.0. The molecule has 0 amide bonds. The molecule has 3 rings (SSSR count). The van der Waals surface area contributed by atoms with Crippen LogP contribution in [0.5, 0.6) is 0 Å². The van der Waals surface area contributed by atoms with Crippen molar-refractivity contribution in [3.63, 3.8) is 0 Å². The van der Waals surface area contributed by atoms with Crippen molar-refractivity contribution in [2.45, 2.75) is 19.9 Å². The summed E-state index contributed by atoms with van der Waals surface area (Å²) in [5, 5.41) is 20.9. The van der Waals surface area contributed by atoms with Crippen LogP contribution < -0.4 is 0 Å². The van der Waals surface area contributed by atoms with Crippen LogP contribution in [0.15, 0.2) is 35.4 Å². The predicted molar refractivity (Wildman–Crippen MR) is 86.6 cm³/mol. The van der Waals surface area contributed by atoms with E-state index in [1.165, 1.54) is 23.5 Å². The van der Waals surface area contributed by atoms with Gasteiger partial charge < -0.3 is 10.0 Å². The number of hydrogen-bond acceptors (Lipinski definition) is 4. The van der Waals surface area contributed by atoms with Crippen molar-refractivity contribution in [2.75, 3.05) is 6.54 Å². The first kappa shape index (κ1) is 14.7. The van der Waals surface area contributed by atoms with E-state index in [-0.39, 0.29) is 17.6 Å². The van der Waals surface area contributed by atoms with Gasteiger partial charge in [-0.3, -0.25) is 5.41 Å². The fraction of sp³-hybridized carbons (Fsp3) is 0.250. The van der Waals surface area contributed by atoms with Crippen LogP contribution >= 0.6 is 11.3 Å². The topological polar surface area (TPSA) is 60.2 Å². The summed E-state index contributed by atoms with van der Waals surface area (Å²) in [7, 11) is 0. The lowest BCUT2D eigenvalue weighted by Crippen LogP contribution is -2.33. The third-order valence-electron chi connectivity index (χ3n) is 3.61. The van der Waals surface area contributed by atoms with Gasteiger partial charge in [-0.2, -0.15) is 0 Å². The van der Waals surface area contributed by atoms with Crippen LogP contribution in [0.25, 0.3) is 16.8 Å². The zero-order chi connectivity index (χ0) is 15.9. The molecule has 0 spiro atoms. The van der Waals surface area contributed by atoms with Crippen LogP contribution in [-0.2, 0) is 0 Å². The fourth-order valence-electron chi connectivity index (χ4n) is 2.41. The molecule has 4 nitrogen and oxygen atoms in total. The highest BCUT2D eigenvalue weighted by Crippen LogP contribution is 2.32. The third kappa shape index (κ3) is 2.50. The van der Waals surface area contributed by atoms with Gasteiger partial charge in [0.15, 0.2) is 0 Å². The number of aromatic nitrogens is 1. The molecule has 0 aliphatic carbocycles.